The summed E-state index contributed by atoms with van der Waals surface area (Å²) in [6.45, 7) is 7.13. The number of carbonyl (C=O) groups excluding carboxylic acids is 1. The van der Waals surface area contributed by atoms with E-state index in [0.717, 1.165) is 54.4 Å². The van der Waals surface area contributed by atoms with Crippen molar-refractivity contribution in [2.45, 2.75) is 45.9 Å². The first kappa shape index (κ1) is 20.7. The van der Waals surface area contributed by atoms with Gasteiger partial charge in [-0.2, -0.15) is 0 Å². The Balaban J connectivity index is 1.49. The minimum atomic E-state index is 0.0276. The van der Waals surface area contributed by atoms with Crippen molar-refractivity contribution in [3.63, 3.8) is 0 Å². The molecule has 1 amide bonds. The van der Waals surface area contributed by atoms with Crippen LogP contribution in [0.4, 0.5) is 0 Å². The van der Waals surface area contributed by atoms with Crippen molar-refractivity contribution in [2.24, 2.45) is 5.92 Å². The number of ether oxygens (including phenoxy) is 1. The number of nitrogens with one attached hydrogen (secondary N) is 1. The van der Waals surface area contributed by atoms with Gasteiger partial charge in [0, 0.05) is 24.7 Å². The average Bonchev–Trinajstić information content (AvgIpc) is 2.69. The molecular weight excluding hydrogens is 372 g/mol. The highest BCUT2D eigenvalue weighted by molar-refractivity contribution is 6.31. The molecule has 5 heteroatoms. The second kappa shape index (κ2) is 9.94. The average molecular weight is 401 g/mol. The number of nitrogens with zero attached hydrogens (tertiary/aromatic N) is 1. The summed E-state index contributed by atoms with van der Waals surface area (Å²) in [5, 5.41) is 3.88. The molecule has 0 bridgehead atoms. The molecule has 0 spiro atoms. The lowest BCUT2D eigenvalue weighted by atomic mass is 9.96. The fourth-order valence-electron chi connectivity index (χ4n) is 3.57. The van der Waals surface area contributed by atoms with E-state index in [1.807, 2.05) is 56.3 Å². The largest absolute Gasteiger partial charge is 0.491 e. The summed E-state index contributed by atoms with van der Waals surface area (Å²) in [6.07, 6.45) is 2.13. The maximum Gasteiger partial charge on any atom is 0.224 e. The van der Waals surface area contributed by atoms with E-state index < -0.39 is 0 Å². The molecule has 3 rings (SSSR count). The first-order valence-electron chi connectivity index (χ1n) is 10.0. The number of carbonyl (C=O) groups is 1. The highest BCUT2D eigenvalue weighted by Gasteiger charge is 2.25. The summed E-state index contributed by atoms with van der Waals surface area (Å²) in [5.41, 5.74) is 2.20. The van der Waals surface area contributed by atoms with Crippen LogP contribution < -0.4 is 10.1 Å². The lowest BCUT2D eigenvalue weighted by Crippen LogP contribution is -2.42. The highest BCUT2D eigenvalue weighted by Crippen LogP contribution is 2.22. The van der Waals surface area contributed by atoms with Crippen LogP contribution in [0, 0.1) is 5.92 Å². The number of benzene rings is 2. The van der Waals surface area contributed by atoms with Gasteiger partial charge < -0.3 is 10.1 Å². The Bertz CT molecular complexity index is 776. The van der Waals surface area contributed by atoms with E-state index in [-0.39, 0.29) is 17.9 Å². The van der Waals surface area contributed by atoms with Crippen LogP contribution in [0.5, 0.6) is 5.75 Å². The monoisotopic (exact) mass is 400 g/mol. The number of likely N-dealkylation sites (tertiary alicyclic amines) is 1. The van der Waals surface area contributed by atoms with Crippen molar-refractivity contribution in [1.29, 1.82) is 0 Å². The van der Waals surface area contributed by atoms with Crippen LogP contribution >= 0.6 is 11.6 Å². The van der Waals surface area contributed by atoms with Crippen molar-refractivity contribution in [2.75, 3.05) is 13.1 Å². The second-order valence-corrected chi connectivity index (χ2v) is 8.10. The Hall–Kier alpha value is -2.04. The Kier molecular flexibility index (Phi) is 7.35. The zero-order valence-corrected chi connectivity index (χ0v) is 17.4. The molecule has 1 aliphatic heterocycles. The number of hydrogen-bond acceptors (Lipinski definition) is 3. The molecule has 2 aromatic carbocycles. The van der Waals surface area contributed by atoms with Crippen molar-refractivity contribution in [3.05, 3.63) is 64.7 Å². The maximum absolute atomic E-state index is 12.7. The summed E-state index contributed by atoms with van der Waals surface area (Å²) in [5.74, 6) is 1.01. The molecule has 1 N–H and O–H groups in total. The molecule has 0 aliphatic carbocycles. The zero-order chi connectivity index (χ0) is 19.9. The van der Waals surface area contributed by atoms with Crippen LogP contribution in [0.2, 0.25) is 5.02 Å². The molecule has 0 saturated carbocycles. The van der Waals surface area contributed by atoms with E-state index in [2.05, 4.69) is 16.3 Å². The van der Waals surface area contributed by atoms with Crippen molar-refractivity contribution in [1.82, 2.24) is 10.2 Å². The predicted octanol–water partition coefficient (Wildman–Crippen LogP) is 4.66. The molecule has 1 fully saturated rings. The second-order valence-electron chi connectivity index (χ2n) is 7.69. The molecule has 1 aliphatic rings. The molecule has 0 unspecified atom stereocenters. The van der Waals surface area contributed by atoms with Gasteiger partial charge in [0.1, 0.15) is 5.75 Å². The molecule has 1 heterocycles. The van der Waals surface area contributed by atoms with Gasteiger partial charge in [-0.25, -0.2) is 0 Å². The third-order valence-electron chi connectivity index (χ3n) is 4.99. The van der Waals surface area contributed by atoms with Crippen LogP contribution in [-0.2, 0) is 17.9 Å². The number of rotatable bonds is 7. The Morgan fingerprint density at radius 2 is 1.96 bits per heavy atom. The van der Waals surface area contributed by atoms with E-state index >= 15 is 0 Å². The van der Waals surface area contributed by atoms with Crippen LogP contribution in [0.1, 0.15) is 37.8 Å². The Labute approximate surface area is 172 Å². The van der Waals surface area contributed by atoms with Crippen LogP contribution in [0.3, 0.4) is 0 Å². The lowest BCUT2D eigenvalue weighted by Gasteiger charge is -2.32. The molecule has 1 saturated heterocycles. The van der Waals surface area contributed by atoms with Gasteiger partial charge in [0.05, 0.1) is 12.0 Å². The smallest absolute Gasteiger partial charge is 0.224 e. The van der Waals surface area contributed by atoms with E-state index in [1.165, 1.54) is 0 Å². The predicted molar refractivity (Wildman–Crippen MR) is 114 cm³/mol. The topological polar surface area (TPSA) is 41.6 Å². The minimum Gasteiger partial charge on any atom is -0.491 e. The normalized spacial score (nSPS) is 17.5. The van der Waals surface area contributed by atoms with E-state index in [0.29, 0.717) is 6.54 Å². The fourth-order valence-corrected chi connectivity index (χ4v) is 3.77. The van der Waals surface area contributed by atoms with Gasteiger partial charge in [0.2, 0.25) is 5.91 Å². The van der Waals surface area contributed by atoms with Crippen molar-refractivity contribution >= 4 is 17.5 Å². The first-order chi connectivity index (χ1) is 13.5. The minimum absolute atomic E-state index is 0.0276. The molecule has 150 valence electrons. The molecule has 2 aromatic rings. The number of amides is 1. The fraction of sp³-hybridized carbons (Fsp3) is 0.435. The molecule has 0 aromatic heterocycles. The number of piperidine rings is 1. The Morgan fingerprint density at radius 1 is 1.21 bits per heavy atom. The molecule has 28 heavy (non-hydrogen) atoms. The van der Waals surface area contributed by atoms with Gasteiger partial charge in [0.15, 0.2) is 0 Å². The van der Waals surface area contributed by atoms with Gasteiger partial charge in [-0.05, 0) is 62.6 Å². The molecule has 4 nitrogen and oxygen atoms in total. The van der Waals surface area contributed by atoms with Crippen LogP contribution in [0.15, 0.2) is 48.5 Å². The summed E-state index contributed by atoms with van der Waals surface area (Å²) in [6, 6.07) is 15.8. The summed E-state index contributed by atoms with van der Waals surface area (Å²) < 4.78 is 5.66. The number of halogens is 1. The molecular formula is C23H29ClN2O2. The number of hydrogen-bond donors (Lipinski definition) is 1. The third kappa shape index (κ3) is 5.98. The van der Waals surface area contributed by atoms with E-state index in [4.69, 9.17) is 16.3 Å². The van der Waals surface area contributed by atoms with E-state index in [9.17, 15) is 4.79 Å². The van der Waals surface area contributed by atoms with Gasteiger partial charge in [-0.1, -0.05) is 41.9 Å². The lowest BCUT2D eigenvalue weighted by molar-refractivity contribution is -0.126. The summed E-state index contributed by atoms with van der Waals surface area (Å²) in [4.78, 5) is 15.0. The summed E-state index contributed by atoms with van der Waals surface area (Å²) in [7, 11) is 0. The maximum atomic E-state index is 12.7. The standard InChI is InChI=1S/C23H29ClN2O2/c1-17(2)28-21-11-9-18(10-12-21)14-25-23(27)20-7-5-13-26(16-20)15-19-6-3-4-8-22(19)24/h3-4,6,8-12,17,20H,5,7,13-16H2,1-2H3,(H,25,27)/t20-/m1/s1. The van der Waals surface area contributed by atoms with Gasteiger partial charge in [-0.15, -0.1) is 0 Å². The van der Waals surface area contributed by atoms with Crippen LogP contribution in [0.25, 0.3) is 0 Å². The van der Waals surface area contributed by atoms with Crippen LogP contribution in [-0.4, -0.2) is 30.0 Å². The van der Waals surface area contributed by atoms with Gasteiger partial charge in [0.25, 0.3) is 0 Å². The zero-order valence-electron chi connectivity index (χ0n) is 16.7. The molecule has 1 atom stereocenters. The van der Waals surface area contributed by atoms with Gasteiger partial charge >= 0.3 is 0 Å². The highest BCUT2D eigenvalue weighted by atomic mass is 35.5. The quantitative estimate of drug-likeness (QED) is 0.735. The van der Waals surface area contributed by atoms with Crippen molar-refractivity contribution in [3.8, 4) is 5.75 Å². The third-order valence-corrected chi connectivity index (χ3v) is 5.36. The van der Waals surface area contributed by atoms with E-state index in [1.54, 1.807) is 0 Å². The first-order valence-corrected chi connectivity index (χ1v) is 10.4. The molecule has 0 radical (unpaired) electrons. The SMILES string of the molecule is CC(C)Oc1ccc(CNC(=O)[C@@H]2CCCN(Cc3ccccc3Cl)C2)cc1. The Morgan fingerprint density at radius 3 is 2.68 bits per heavy atom. The van der Waals surface area contributed by atoms with Gasteiger partial charge in [-0.3, -0.25) is 9.69 Å². The summed E-state index contributed by atoms with van der Waals surface area (Å²) >= 11 is 6.28. The van der Waals surface area contributed by atoms with Crippen molar-refractivity contribution < 1.29 is 9.53 Å².